The molecule has 0 fully saturated rings. The third-order valence-corrected chi connectivity index (χ3v) is 11.9. The zero-order chi connectivity index (χ0) is 56.1. The van der Waals surface area contributed by atoms with Gasteiger partial charge < -0.3 is 66.0 Å². The maximum atomic E-state index is 12.5. The number of Topliss-reactive ketones (excluding diaryl/α,β-unsaturated/α-hetero) is 2. The van der Waals surface area contributed by atoms with Crippen molar-refractivity contribution in [1.29, 1.82) is 0 Å². The van der Waals surface area contributed by atoms with Gasteiger partial charge in [-0.15, -0.1) is 0 Å². The maximum Gasteiger partial charge on any atom is 0.326 e. The molecular weight excluding hydrogens is 987 g/mol. The molecule has 24 nitrogen and oxygen atoms in total. The monoisotopic (exact) mass is 1070 g/mol. The Morgan fingerprint density at radius 3 is 1.32 bits per heavy atom. The van der Waals surface area contributed by atoms with Crippen LogP contribution in [0, 0.1) is 11.8 Å². The number of nitrogens with one attached hydrogen (secondary N) is 5. The minimum absolute atomic E-state index is 0.00180. The van der Waals surface area contributed by atoms with Crippen molar-refractivity contribution in [2.45, 2.75) is 174 Å². The van der Waals surface area contributed by atoms with Crippen LogP contribution in [0.4, 0.5) is 0 Å². The van der Waals surface area contributed by atoms with Crippen LogP contribution >= 0.6 is 0 Å². The minimum Gasteiger partial charge on any atom is -0.481 e. The van der Waals surface area contributed by atoms with Crippen LogP contribution in [0.2, 0.25) is 0 Å². The fraction of sp³-hybridized carbons (Fsp3) is 0.784. The van der Waals surface area contributed by atoms with Gasteiger partial charge >= 0.3 is 23.9 Å². The largest absolute Gasteiger partial charge is 0.481 e. The van der Waals surface area contributed by atoms with E-state index in [9.17, 15) is 68.1 Å². The van der Waals surface area contributed by atoms with Crippen LogP contribution in [0.25, 0.3) is 0 Å². The average Bonchev–Trinajstić information content (AvgIpc) is 3.35. The van der Waals surface area contributed by atoms with Crippen LogP contribution in [0.5, 0.6) is 0 Å². The van der Waals surface area contributed by atoms with Gasteiger partial charge in [0.25, 0.3) is 0 Å². The Balaban J connectivity index is 4.01. The van der Waals surface area contributed by atoms with Gasteiger partial charge in [0, 0.05) is 64.1 Å². The fourth-order valence-corrected chi connectivity index (χ4v) is 7.51. The van der Waals surface area contributed by atoms with Crippen LogP contribution in [0.3, 0.4) is 0 Å². The molecule has 0 aromatic heterocycles. The van der Waals surface area contributed by atoms with E-state index in [1.165, 1.54) is 0 Å². The summed E-state index contributed by atoms with van der Waals surface area (Å²) in [5.41, 5.74) is 0. The lowest BCUT2D eigenvalue weighted by Gasteiger charge is -2.16. The second kappa shape index (κ2) is 45.8. The molecular formula is C51H87N5O19. The molecule has 0 saturated heterocycles. The predicted molar refractivity (Wildman–Crippen MR) is 271 cm³/mol. The highest BCUT2D eigenvalue weighted by Crippen LogP contribution is 2.16. The first-order chi connectivity index (χ1) is 35.9. The van der Waals surface area contributed by atoms with Gasteiger partial charge in [-0.05, 0) is 58.3 Å². The molecule has 75 heavy (non-hydrogen) atoms. The first-order valence-corrected chi connectivity index (χ1v) is 26.5. The molecule has 0 aliphatic rings. The molecule has 24 heteroatoms. The molecule has 0 heterocycles. The van der Waals surface area contributed by atoms with Gasteiger partial charge in [-0.3, -0.25) is 43.2 Å². The first kappa shape index (κ1) is 69.4. The Morgan fingerprint density at radius 2 is 0.840 bits per heavy atom. The second-order valence-electron chi connectivity index (χ2n) is 18.3. The molecule has 0 saturated carbocycles. The molecule has 9 N–H and O–H groups in total. The van der Waals surface area contributed by atoms with Crippen molar-refractivity contribution in [3.63, 3.8) is 0 Å². The van der Waals surface area contributed by atoms with Crippen molar-refractivity contribution in [2.75, 3.05) is 72.5 Å². The molecule has 4 atom stereocenters. The van der Waals surface area contributed by atoms with Gasteiger partial charge in [-0.2, -0.15) is 0 Å². The Hall–Kier alpha value is -5.59. The zero-order valence-electron chi connectivity index (χ0n) is 44.3. The molecule has 0 rings (SSSR count). The van der Waals surface area contributed by atoms with Crippen molar-refractivity contribution < 1.29 is 92.1 Å². The third-order valence-electron chi connectivity index (χ3n) is 11.9. The summed E-state index contributed by atoms with van der Waals surface area (Å²) in [7, 11) is 0. The number of carboxylic acids is 4. The fourth-order valence-electron chi connectivity index (χ4n) is 7.51. The normalized spacial score (nSPS) is 12.6. The number of unbranched alkanes of at least 4 members (excludes halogenated alkanes) is 10. The Bertz CT molecular complexity index is 1720. The molecule has 0 aliphatic carbocycles. The molecule has 0 radical (unpaired) electrons. The number of carbonyl (C=O) groups excluding carboxylic acids is 7. The van der Waals surface area contributed by atoms with E-state index in [1.54, 1.807) is 6.92 Å². The molecule has 0 spiro atoms. The molecule has 0 aromatic rings. The van der Waals surface area contributed by atoms with Crippen molar-refractivity contribution in [1.82, 2.24) is 26.6 Å². The summed E-state index contributed by atoms with van der Waals surface area (Å²) in [6.45, 7) is 4.09. The average molecular weight is 1070 g/mol. The van der Waals surface area contributed by atoms with Crippen LogP contribution in [-0.2, 0) is 71.7 Å². The van der Waals surface area contributed by atoms with E-state index < -0.39 is 84.3 Å². The standard InChI is InChI=1S/C51H87N5O19/c1-3-38(37(2)57)16-14-15-25-52-43(59)23-20-42(51(70)71)56-46(62)22-19-39(49(66)67)34-40(58)35-74-32-30-73-29-27-54-47(63)36-75-33-31-72-28-26-53-44(60)24-21-41(50(68)69)55-45(61)17-12-10-8-6-4-5-7-9-11-13-18-48(64)65/h38-39,41-42H,3-36H2,1-2H3,(H,52,59)(H,53,60)(H,54,63)(H,55,61)(H,56,62)(H,64,65)(H,66,67)(H,68,69)(H,70,71)/t38-,39+,41-,42-/m0/s1. The molecule has 0 aromatic carbocycles. The quantitative estimate of drug-likeness (QED) is 0.0395. The first-order valence-electron chi connectivity index (χ1n) is 26.5. The number of carboxylic acid groups (broad SMARTS) is 4. The molecule has 0 unspecified atom stereocenters. The number of ketones is 2. The Kier molecular flexibility index (Phi) is 42.4. The van der Waals surface area contributed by atoms with E-state index in [2.05, 4.69) is 26.6 Å². The lowest BCUT2D eigenvalue weighted by Crippen LogP contribution is -2.42. The summed E-state index contributed by atoms with van der Waals surface area (Å²) in [6, 6.07) is -2.56. The minimum atomic E-state index is -1.38. The smallest absolute Gasteiger partial charge is 0.326 e. The van der Waals surface area contributed by atoms with Crippen molar-refractivity contribution in [2.24, 2.45) is 11.8 Å². The molecule has 430 valence electrons. The van der Waals surface area contributed by atoms with E-state index in [0.29, 0.717) is 25.8 Å². The van der Waals surface area contributed by atoms with E-state index in [1.807, 2.05) is 6.92 Å². The van der Waals surface area contributed by atoms with Gasteiger partial charge in [0.1, 0.15) is 31.1 Å². The van der Waals surface area contributed by atoms with Crippen molar-refractivity contribution in [3.8, 4) is 0 Å². The maximum absolute atomic E-state index is 12.5. The summed E-state index contributed by atoms with van der Waals surface area (Å²) < 4.78 is 21.3. The van der Waals surface area contributed by atoms with Gasteiger partial charge in [-0.1, -0.05) is 64.7 Å². The van der Waals surface area contributed by atoms with Crippen LogP contribution in [0.1, 0.15) is 162 Å². The predicted octanol–water partition coefficient (Wildman–Crippen LogP) is 3.09. The Morgan fingerprint density at radius 1 is 0.400 bits per heavy atom. The summed E-state index contributed by atoms with van der Waals surface area (Å²) in [5.74, 6) is -8.60. The SMILES string of the molecule is CC[C@@H](CCCCNC(=O)CC[C@H](NC(=O)CC[C@H](CC(=O)COCCOCCNC(=O)COCCOCCNC(=O)CC[C@H](NC(=O)CCCCCCCCCCCCC(=O)O)C(=O)O)C(=O)O)C(=O)O)C(C)=O. The summed E-state index contributed by atoms with van der Waals surface area (Å²) in [5, 5.41) is 50.0. The number of ether oxygens (including phenoxy) is 4. The topological polar surface area (TPSA) is 366 Å². The Labute approximate surface area is 440 Å². The number of rotatable bonds is 52. The van der Waals surface area contributed by atoms with E-state index in [0.717, 1.165) is 70.6 Å². The summed E-state index contributed by atoms with van der Waals surface area (Å²) in [6.07, 6.45) is 11.2. The second-order valence-corrected chi connectivity index (χ2v) is 18.3. The highest BCUT2D eigenvalue weighted by molar-refractivity contribution is 5.87. The lowest BCUT2D eigenvalue weighted by atomic mass is 9.95. The molecule has 0 aliphatic heterocycles. The summed E-state index contributed by atoms with van der Waals surface area (Å²) in [4.78, 5) is 131. The number of hydrogen-bond donors (Lipinski definition) is 9. The zero-order valence-corrected chi connectivity index (χ0v) is 44.3. The van der Waals surface area contributed by atoms with Crippen LogP contribution < -0.4 is 26.6 Å². The van der Waals surface area contributed by atoms with Gasteiger partial charge in [-0.25, -0.2) is 9.59 Å². The lowest BCUT2D eigenvalue weighted by molar-refractivity contribution is -0.145. The van der Waals surface area contributed by atoms with E-state index in [4.69, 9.17) is 24.1 Å². The molecule has 5 amide bonds. The highest BCUT2D eigenvalue weighted by Gasteiger charge is 2.26. The molecule has 0 bridgehead atoms. The number of aliphatic carboxylic acids is 4. The van der Waals surface area contributed by atoms with Crippen LogP contribution in [-0.4, -0.2) is 170 Å². The number of carbonyl (C=O) groups is 11. The van der Waals surface area contributed by atoms with Gasteiger partial charge in [0.2, 0.25) is 29.5 Å². The van der Waals surface area contributed by atoms with E-state index >= 15 is 0 Å². The highest BCUT2D eigenvalue weighted by atomic mass is 16.5. The van der Waals surface area contributed by atoms with Gasteiger partial charge in [0.05, 0.1) is 45.6 Å². The van der Waals surface area contributed by atoms with Gasteiger partial charge in [0.15, 0.2) is 5.78 Å². The van der Waals surface area contributed by atoms with Crippen LogP contribution in [0.15, 0.2) is 0 Å². The summed E-state index contributed by atoms with van der Waals surface area (Å²) >= 11 is 0. The third kappa shape index (κ3) is 42.3. The number of hydrogen-bond acceptors (Lipinski definition) is 15. The van der Waals surface area contributed by atoms with Crippen molar-refractivity contribution >= 4 is 65.0 Å². The number of amides is 5. The van der Waals surface area contributed by atoms with Crippen molar-refractivity contribution in [3.05, 3.63) is 0 Å². The van der Waals surface area contributed by atoms with E-state index in [-0.39, 0.29) is 128 Å².